The molecule has 94 valence electrons. The summed E-state index contributed by atoms with van der Waals surface area (Å²) in [5, 5.41) is 11.8. The number of benzene rings is 1. The number of rotatable bonds is 4. The van der Waals surface area contributed by atoms with Gasteiger partial charge in [0.2, 0.25) is 5.91 Å². The number of nitrogens with zero attached hydrogens (tertiary/aromatic N) is 1. The minimum Gasteiger partial charge on any atom is -0.495 e. The van der Waals surface area contributed by atoms with Crippen molar-refractivity contribution < 1.29 is 9.53 Å². The second-order valence-corrected chi connectivity index (χ2v) is 4.64. The maximum Gasteiger partial charge on any atom is 0.238 e. The van der Waals surface area contributed by atoms with Crippen LogP contribution in [0.15, 0.2) is 12.1 Å². The van der Waals surface area contributed by atoms with Crippen LogP contribution in [0.5, 0.6) is 5.75 Å². The second-order valence-electron chi connectivity index (χ2n) is 4.23. The van der Waals surface area contributed by atoms with Crippen molar-refractivity contribution in [3.63, 3.8) is 0 Å². The average Bonchev–Trinajstić information content (AvgIpc) is 3.15. The Morgan fingerprint density at radius 3 is 2.89 bits per heavy atom. The van der Waals surface area contributed by atoms with Gasteiger partial charge in [0.1, 0.15) is 12.2 Å². The predicted molar refractivity (Wildman–Crippen MR) is 68.8 cm³/mol. The van der Waals surface area contributed by atoms with E-state index >= 15 is 0 Å². The van der Waals surface area contributed by atoms with Gasteiger partial charge in [0, 0.05) is 11.8 Å². The molecular weight excluding hydrogens is 252 g/mol. The van der Waals surface area contributed by atoms with E-state index < -0.39 is 0 Å². The van der Waals surface area contributed by atoms with Gasteiger partial charge in [-0.25, -0.2) is 0 Å². The van der Waals surface area contributed by atoms with Crippen LogP contribution < -0.4 is 10.1 Å². The minimum atomic E-state index is -0.316. The number of amides is 1. The summed E-state index contributed by atoms with van der Waals surface area (Å²) in [5.41, 5.74) is 1.71. The lowest BCUT2D eigenvalue weighted by Gasteiger charge is -2.13. The van der Waals surface area contributed by atoms with Crippen molar-refractivity contribution in [2.24, 2.45) is 0 Å². The van der Waals surface area contributed by atoms with Crippen molar-refractivity contribution in [1.29, 1.82) is 5.26 Å². The molecule has 0 aliphatic heterocycles. The molecule has 2 rings (SSSR count). The average molecular weight is 265 g/mol. The zero-order valence-corrected chi connectivity index (χ0v) is 10.8. The molecule has 5 heteroatoms. The van der Waals surface area contributed by atoms with Crippen LogP contribution in [0.1, 0.15) is 30.7 Å². The Bertz CT molecular complexity index is 518. The molecular formula is C13H13ClN2O2. The maximum absolute atomic E-state index is 11.5. The highest BCUT2D eigenvalue weighted by atomic mass is 35.5. The van der Waals surface area contributed by atoms with Gasteiger partial charge >= 0.3 is 0 Å². The number of carbonyl (C=O) groups is 1. The first-order chi connectivity index (χ1) is 8.65. The van der Waals surface area contributed by atoms with E-state index in [1.807, 2.05) is 12.1 Å². The van der Waals surface area contributed by atoms with Crippen LogP contribution in [0.2, 0.25) is 5.02 Å². The van der Waals surface area contributed by atoms with E-state index in [0.717, 1.165) is 18.4 Å². The van der Waals surface area contributed by atoms with Gasteiger partial charge in [-0.2, -0.15) is 5.26 Å². The molecule has 0 spiro atoms. The molecule has 1 N–H and O–H groups in total. The number of nitrogens with one attached hydrogen (secondary N) is 1. The van der Waals surface area contributed by atoms with E-state index in [1.54, 1.807) is 6.07 Å². The van der Waals surface area contributed by atoms with Crippen molar-refractivity contribution in [1.82, 2.24) is 0 Å². The zero-order chi connectivity index (χ0) is 13.1. The van der Waals surface area contributed by atoms with Gasteiger partial charge in [0.15, 0.2) is 0 Å². The van der Waals surface area contributed by atoms with Crippen LogP contribution in [-0.4, -0.2) is 13.0 Å². The first kappa shape index (κ1) is 12.7. The number of methoxy groups -OCH3 is 1. The fraction of sp³-hybridized carbons (Fsp3) is 0.385. The molecule has 0 radical (unpaired) electrons. The smallest absolute Gasteiger partial charge is 0.238 e. The molecule has 0 aromatic heterocycles. The van der Waals surface area contributed by atoms with Gasteiger partial charge in [-0.3, -0.25) is 4.79 Å². The number of anilines is 1. The third-order valence-corrected chi connectivity index (χ3v) is 3.15. The number of hydrogen-bond donors (Lipinski definition) is 1. The number of hydrogen-bond acceptors (Lipinski definition) is 3. The summed E-state index contributed by atoms with van der Waals surface area (Å²) < 4.78 is 5.13. The Morgan fingerprint density at radius 1 is 1.61 bits per heavy atom. The van der Waals surface area contributed by atoms with Crippen molar-refractivity contribution in [3.8, 4) is 11.8 Å². The van der Waals surface area contributed by atoms with Crippen molar-refractivity contribution in [3.05, 3.63) is 22.7 Å². The van der Waals surface area contributed by atoms with Gasteiger partial charge in [-0.1, -0.05) is 11.6 Å². The van der Waals surface area contributed by atoms with Crippen LogP contribution in [-0.2, 0) is 4.79 Å². The van der Waals surface area contributed by atoms with Crippen LogP contribution in [0.3, 0.4) is 0 Å². The van der Waals surface area contributed by atoms with Crippen molar-refractivity contribution >= 4 is 23.2 Å². The number of halogens is 1. The van der Waals surface area contributed by atoms with Gasteiger partial charge < -0.3 is 10.1 Å². The summed E-state index contributed by atoms with van der Waals surface area (Å²) >= 11 is 6.08. The molecule has 1 fully saturated rings. The van der Waals surface area contributed by atoms with Gasteiger partial charge in [-0.05, 0) is 30.4 Å². The molecule has 1 aliphatic rings. The van der Waals surface area contributed by atoms with Crippen LogP contribution in [0.25, 0.3) is 0 Å². The molecule has 1 saturated carbocycles. The summed E-state index contributed by atoms with van der Waals surface area (Å²) in [5.74, 6) is 0.655. The van der Waals surface area contributed by atoms with Gasteiger partial charge in [0.25, 0.3) is 0 Å². The second kappa shape index (κ2) is 5.28. The van der Waals surface area contributed by atoms with E-state index in [1.165, 1.54) is 7.11 Å². The highest BCUT2D eigenvalue weighted by Crippen LogP contribution is 2.46. The largest absolute Gasteiger partial charge is 0.495 e. The molecule has 1 aromatic carbocycles. The number of carbonyl (C=O) groups excluding carboxylic acids is 1. The summed E-state index contributed by atoms with van der Waals surface area (Å²) in [4.78, 5) is 11.5. The molecule has 0 bridgehead atoms. The highest BCUT2D eigenvalue weighted by molar-refractivity contribution is 6.32. The molecule has 1 amide bonds. The molecule has 0 heterocycles. The lowest BCUT2D eigenvalue weighted by molar-refractivity contribution is -0.115. The number of nitriles is 1. The van der Waals surface area contributed by atoms with E-state index in [9.17, 15) is 4.79 Å². The fourth-order valence-corrected chi connectivity index (χ4v) is 2.08. The molecule has 4 nitrogen and oxygen atoms in total. The Labute approximate surface area is 111 Å². The quantitative estimate of drug-likeness (QED) is 0.909. The third kappa shape index (κ3) is 2.74. The molecule has 18 heavy (non-hydrogen) atoms. The topological polar surface area (TPSA) is 62.1 Å². The highest BCUT2D eigenvalue weighted by Gasteiger charge is 2.27. The lowest BCUT2D eigenvalue weighted by Crippen LogP contribution is -2.12. The van der Waals surface area contributed by atoms with Crippen LogP contribution >= 0.6 is 11.6 Å². The van der Waals surface area contributed by atoms with E-state index in [0.29, 0.717) is 22.4 Å². The predicted octanol–water partition coefficient (Wildman–Crippen LogP) is 3.08. The fourth-order valence-electron chi connectivity index (χ4n) is 1.83. The summed E-state index contributed by atoms with van der Waals surface area (Å²) in [7, 11) is 1.53. The van der Waals surface area contributed by atoms with Crippen LogP contribution in [0.4, 0.5) is 5.69 Å². The molecule has 1 aliphatic carbocycles. The maximum atomic E-state index is 11.5. The molecule has 0 atom stereocenters. The Kier molecular flexibility index (Phi) is 3.73. The summed E-state index contributed by atoms with van der Waals surface area (Å²) in [6, 6.07) is 5.37. The zero-order valence-electron chi connectivity index (χ0n) is 10.00. The van der Waals surface area contributed by atoms with E-state index in [-0.39, 0.29) is 12.3 Å². The monoisotopic (exact) mass is 264 g/mol. The third-order valence-electron chi connectivity index (χ3n) is 2.85. The Morgan fingerprint density at radius 2 is 2.33 bits per heavy atom. The summed E-state index contributed by atoms with van der Waals surface area (Å²) in [6.45, 7) is 0. The normalized spacial score (nSPS) is 13.8. The van der Waals surface area contributed by atoms with Crippen molar-refractivity contribution in [2.45, 2.75) is 25.2 Å². The van der Waals surface area contributed by atoms with Crippen molar-refractivity contribution in [2.75, 3.05) is 12.4 Å². The Balaban J connectivity index is 2.31. The van der Waals surface area contributed by atoms with Crippen LogP contribution in [0, 0.1) is 11.3 Å². The van der Waals surface area contributed by atoms with E-state index in [4.69, 9.17) is 21.6 Å². The van der Waals surface area contributed by atoms with Gasteiger partial charge in [0.05, 0.1) is 18.2 Å². The minimum absolute atomic E-state index is 0.158. The SMILES string of the molecule is COc1cc(NC(=O)CC#N)c(C2CC2)cc1Cl. The molecule has 1 aromatic rings. The first-order valence-corrected chi connectivity index (χ1v) is 6.07. The molecule has 0 saturated heterocycles. The molecule has 0 unspecified atom stereocenters. The first-order valence-electron chi connectivity index (χ1n) is 5.70. The van der Waals surface area contributed by atoms with Gasteiger partial charge in [-0.15, -0.1) is 0 Å². The summed E-state index contributed by atoms with van der Waals surface area (Å²) in [6.07, 6.45) is 2.04. The lowest BCUT2D eigenvalue weighted by atomic mass is 10.1. The Hall–Kier alpha value is -1.73. The van der Waals surface area contributed by atoms with E-state index in [2.05, 4.69) is 5.32 Å². The number of ether oxygens (including phenoxy) is 1. The standard InChI is InChI=1S/C13H13ClN2O2/c1-18-12-7-11(16-13(17)4-5-15)9(6-10(12)14)8-2-3-8/h6-8H,2-4H2,1H3,(H,16,17).